The SMILES string of the molecule is c1c2c(cc3[nH]c(C4CC5CCC4N5)nc13)OCCCO2. The van der Waals surface area contributed by atoms with Crippen LogP contribution in [0, 0.1) is 0 Å². The number of imidazole rings is 1. The van der Waals surface area contributed by atoms with Gasteiger partial charge >= 0.3 is 0 Å². The Hall–Kier alpha value is -1.75. The highest BCUT2D eigenvalue weighted by Gasteiger charge is 2.41. The van der Waals surface area contributed by atoms with Gasteiger partial charge < -0.3 is 19.8 Å². The van der Waals surface area contributed by atoms with Crippen molar-refractivity contribution in [3.63, 3.8) is 0 Å². The molecule has 2 N–H and O–H groups in total. The van der Waals surface area contributed by atoms with Crippen molar-refractivity contribution >= 4 is 11.0 Å². The molecule has 5 heteroatoms. The van der Waals surface area contributed by atoms with E-state index in [1.54, 1.807) is 0 Å². The van der Waals surface area contributed by atoms with Crippen LogP contribution in [0.25, 0.3) is 11.0 Å². The van der Waals surface area contributed by atoms with E-state index in [-0.39, 0.29) is 0 Å². The molecule has 0 amide bonds. The molecule has 5 rings (SSSR count). The number of ether oxygens (including phenoxy) is 2. The van der Waals surface area contributed by atoms with Crippen LogP contribution in [0.1, 0.15) is 37.4 Å². The molecule has 0 saturated carbocycles. The molecule has 2 aromatic rings. The standard InChI is InChI=1S/C16H19N3O2/c1-4-20-14-7-12-13(8-15(14)21-5-1)19-16(18-12)10-6-9-2-3-11(10)17-9/h7-11,17H,1-6H2,(H,18,19). The van der Waals surface area contributed by atoms with Crippen LogP contribution in [0.2, 0.25) is 0 Å². The molecule has 0 aliphatic carbocycles. The summed E-state index contributed by atoms with van der Waals surface area (Å²) in [5.41, 5.74) is 2.04. The van der Waals surface area contributed by atoms with Crippen LogP contribution in [0.15, 0.2) is 12.1 Å². The molecule has 1 aromatic carbocycles. The lowest BCUT2D eigenvalue weighted by Crippen LogP contribution is -2.22. The predicted octanol–water partition coefficient (Wildman–Crippen LogP) is 2.33. The van der Waals surface area contributed by atoms with E-state index in [1.807, 2.05) is 12.1 Å². The molecule has 3 aliphatic heterocycles. The molecule has 2 bridgehead atoms. The Kier molecular flexibility index (Phi) is 2.47. The second kappa shape index (κ2) is 4.37. The van der Waals surface area contributed by atoms with Crippen LogP contribution in [0.4, 0.5) is 0 Å². The van der Waals surface area contributed by atoms with E-state index < -0.39 is 0 Å². The molecule has 3 aliphatic rings. The summed E-state index contributed by atoms with van der Waals surface area (Å²) in [6.45, 7) is 1.43. The minimum atomic E-state index is 0.526. The summed E-state index contributed by atoms with van der Waals surface area (Å²) in [6.07, 6.45) is 4.72. The maximum Gasteiger partial charge on any atom is 0.163 e. The maximum atomic E-state index is 5.76. The second-order valence-corrected chi connectivity index (χ2v) is 6.38. The van der Waals surface area contributed by atoms with Crippen LogP contribution < -0.4 is 14.8 Å². The summed E-state index contributed by atoms with van der Waals surface area (Å²) < 4.78 is 11.5. The highest BCUT2D eigenvalue weighted by molar-refractivity contribution is 5.80. The Morgan fingerprint density at radius 2 is 1.95 bits per heavy atom. The quantitative estimate of drug-likeness (QED) is 0.844. The van der Waals surface area contributed by atoms with Crippen LogP contribution in [-0.2, 0) is 0 Å². The van der Waals surface area contributed by atoms with E-state index in [0.717, 1.165) is 41.4 Å². The highest BCUT2D eigenvalue weighted by atomic mass is 16.5. The van der Waals surface area contributed by atoms with Gasteiger partial charge in [-0.1, -0.05) is 0 Å². The average Bonchev–Trinajstić information content (AvgIpc) is 3.16. The van der Waals surface area contributed by atoms with Crippen LogP contribution in [-0.4, -0.2) is 35.3 Å². The van der Waals surface area contributed by atoms with Gasteiger partial charge in [-0.3, -0.25) is 0 Å². The molecular formula is C16H19N3O2. The molecule has 0 radical (unpaired) electrons. The topological polar surface area (TPSA) is 59.2 Å². The van der Waals surface area contributed by atoms with Crippen molar-refractivity contribution in [3.8, 4) is 11.5 Å². The van der Waals surface area contributed by atoms with E-state index in [1.165, 1.54) is 19.3 Å². The number of aromatic nitrogens is 2. The monoisotopic (exact) mass is 285 g/mol. The number of fused-ring (bicyclic) bond motifs is 4. The van der Waals surface area contributed by atoms with Crippen molar-refractivity contribution < 1.29 is 9.47 Å². The first-order valence-electron chi connectivity index (χ1n) is 7.92. The molecule has 3 unspecified atom stereocenters. The molecule has 2 saturated heterocycles. The Morgan fingerprint density at radius 3 is 2.71 bits per heavy atom. The first kappa shape index (κ1) is 11.9. The maximum absolute atomic E-state index is 5.76. The van der Waals surface area contributed by atoms with Gasteiger partial charge in [0, 0.05) is 36.6 Å². The van der Waals surface area contributed by atoms with Gasteiger partial charge in [0.2, 0.25) is 0 Å². The molecule has 21 heavy (non-hydrogen) atoms. The van der Waals surface area contributed by atoms with Gasteiger partial charge in [-0.25, -0.2) is 4.98 Å². The summed E-state index contributed by atoms with van der Waals surface area (Å²) >= 11 is 0. The zero-order valence-electron chi connectivity index (χ0n) is 11.9. The summed E-state index contributed by atoms with van der Waals surface area (Å²) in [6, 6.07) is 5.33. The van der Waals surface area contributed by atoms with Crippen molar-refractivity contribution in [1.82, 2.24) is 15.3 Å². The van der Waals surface area contributed by atoms with Crippen molar-refractivity contribution in [3.05, 3.63) is 18.0 Å². The Morgan fingerprint density at radius 1 is 1.10 bits per heavy atom. The molecule has 2 fully saturated rings. The fourth-order valence-electron chi connectivity index (χ4n) is 3.99. The Labute approximate surface area is 123 Å². The zero-order valence-corrected chi connectivity index (χ0v) is 11.9. The molecule has 5 nitrogen and oxygen atoms in total. The third-order valence-electron chi connectivity index (χ3n) is 5.02. The normalized spacial score (nSPS) is 30.8. The fourth-order valence-corrected chi connectivity index (χ4v) is 3.99. The molecule has 0 spiro atoms. The highest BCUT2D eigenvalue weighted by Crippen LogP contribution is 2.40. The van der Waals surface area contributed by atoms with Crippen LogP contribution >= 0.6 is 0 Å². The number of H-pyrrole nitrogens is 1. The number of hydrogen-bond donors (Lipinski definition) is 2. The van der Waals surface area contributed by atoms with Crippen molar-refractivity contribution in [2.45, 2.75) is 43.7 Å². The molecule has 110 valence electrons. The minimum absolute atomic E-state index is 0.526. The zero-order chi connectivity index (χ0) is 13.8. The van der Waals surface area contributed by atoms with Gasteiger partial charge in [0.15, 0.2) is 11.5 Å². The molecular weight excluding hydrogens is 266 g/mol. The first-order chi connectivity index (χ1) is 10.4. The predicted molar refractivity (Wildman–Crippen MR) is 79.0 cm³/mol. The van der Waals surface area contributed by atoms with Gasteiger partial charge in [-0.15, -0.1) is 0 Å². The van der Waals surface area contributed by atoms with Crippen LogP contribution in [0.5, 0.6) is 11.5 Å². The van der Waals surface area contributed by atoms with Gasteiger partial charge in [-0.05, 0) is 19.3 Å². The molecule has 4 heterocycles. The van der Waals surface area contributed by atoms with Gasteiger partial charge in [0.1, 0.15) is 5.82 Å². The van der Waals surface area contributed by atoms with Crippen LogP contribution in [0.3, 0.4) is 0 Å². The number of hydrogen-bond acceptors (Lipinski definition) is 4. The van der Waals surface area contributed by atoms with Crippen molar-refractivity contribution in [2.24, 2.45) is 0 Å². The third kappa shape index (κ3) is 1.83. The van der Waals surface area contributed by atoms with Gasteiger partial charge in [-0.2, -0.15) is 0 Å². The number of benzene rings is 1. The second-order valence-electron chi connectivity index (χ2n) is 6.38. The number of nitrogens with zero attached hydrogens (tertiary/aromatic N) is 1. The molecule has 1 aromatic heterocycles. The lowest BCUT2D eigenvalue weighted by molar-refractivity contribution is 0.297. The lowest BCUT2D eigenvalue weighted by Gasteiger charge is -2.17. The van der Waals surface area contributed by atoms with E-state index >= 15 is 0 Å². The largest absolute Gasteiger partial charge is 0.489 e. The average molecular weight is 285 g/mol. The van der Waals surface area contributed by atoms with Crippen molar-refractivity contribution in [2.75, 3.05) is 13.2 Å². The lowest BCUT2D eigenvalue weighted by atomic mass is 9.89. The summed E-state index contributed by atoms with van der Waals surface area (Å²) in [5, 5.41) is 3.67. The fraction of sp³-hybridized carbons (Fsp3) is 0.562. The van der Waals surface area contributed by atoms with E-state index in [9.17, 15) is 0 Å². The van der Waals surface area contributed by atoms with E-state index in [0.29, 0.717) is 24.6 Å². The number of rotatable bonds is 1. The van der Waals surface area contributed by atoms with Gasteiger partial charge in [0.05, 0.1) is 24.2 Å². The Balaban J connectivity index is 1.55. The summed E-state index contributed by atoms with van der Waals surface area (Å²) in [5.74, 6) is 3.30. The summed E-state index contributed by atoms with van der Waals surface area (Å²) in [7, 11) is 0. The Bertz CT molecular complexity index is 653. The number of aromatic amines is 1. The minimum Gasteiger partial charge on any atom is -0.489 e. The third-order valence-corrected chi connectivity index (χ3v) is 5.02. The number of nitrogens with one attached hydrogen (secondary N) is 2. The van der Waals surface area contributed by atoms with E-state index in [4.69, 9.17) is 14.5 Å². The smallest absolute Gasteiger partial charge is 0.163 e. The molecule has 3 atom stereocenters. The van der Waals surface area contributed by atoms with Crippen molar-refractivity contribution in [1.29, 1.82) is 0 Å². The first-order valence-corrected chi connectivity index (χ1v) is 7.92. The van der Waals surface area contributed by atoms with Gasteiger partial charge in [0.25, 0.3) is 0 Å². The summed E-state index contributed by atoms with van der Waals surface area (Å²) in [4.78, 5) is 8.33. The van der Waals surface area contributed by atoms with E-state index in [2.05, 4.69) is 10.3 Å².